The third-order valence-electron chi connectivity index (χ3n) is 4.56. The molecule has 3 rings (SSSR count). The number of nitriles is 1. The van der Waals surface area contributed by atoms with Gasteiger partial charge in [-0.15, -0.1) is 0 Å². The number of nitrogens with one attached hydrogen (secondary N) is 1. The molecule has 0 radical (unpaired) electrons. The van der Waals surface area contributed by atoms with E-state index in [1.807, 2.05) is 37.3 Å². The summed E-state index contributed by atoms with van der Waals surface area (Å²) in [5, 5.41) is 12.8. The second-order valence-electron chi connectivity index (χ2n) is 6.94. The van der Waals surface area contributed by atoms with Crippen molar-refractivity contribution in [3.05, 3.63) is 93.0 Å². The van der Waals surface area contributed by atoms with Gasteiger partial charge in [0.15, 0.2) is 11.5 Å². The van der Waals surface area contributed by atoms with Crippen molar-refractivity contribution < 1.29 is 14.3 Å². The minimum absolute atomic E-state index is 0.0774. The maximum Gasteiger partial charge on any atom is 0.266 e. The van der Waals surface area contributed by atoms with E-state index < -0.39 is 5.91 Å². The number of halogens is 2. The van der Waals surface area contributed by atoms with E-state index in [2.05, 4.69) is 5.32 Å². The van der Waals surface area contributed by atoms with Crippen molar-refractivity contribution in [1.82, 2.24) is 0 Å². The summed E-state index contributed by atoms with van der Waals surface area (Å²) in [4.78, 5) is 12.5. The summed E-state index contributed by atoms with van der Waals surface area (Å²) in [5.74, 6) is 0.488. The lowest BCUT2D eigenvalue weighted by molar-refractivity contribution is -0.112. The van der Waals surface area contributed by atoms with E-state index in [0.717, 1.165) is 5.56 Å². The van der Waals surface area contributed by atoms with Gasteiger partial charge in [-0.05, 0) is 54.5 Å². The molecular weight excluding hydrogens is 447 g/mol. The average molecular weight is 467 g/mol. The fraction of sp³-hybridized carbons (Fsp3) is 0.120. The van der Waals surface area contributed by atoms with Gasteiger partial charge in [-0.25, -0.2) is 0 Å². The quantitative estimate of drug-likeness (QED) is 0.321. The molecule has 0 saturated heterocycles. The molecule has 7 heteroatoms. The molecule has 32 heavy (non-hydrogen) atoms. The standard InChI is InChI=1S/C25H20Cl2N2O3/c1-16-3-5-17(6-4-16)15-32-23-10-7-18(12-24(23)31-2)11-19(14-28)25(30)29-20-8-9-21(26)22(27)13-20/h3-13H,15H2,1-2H3,(H,29,30)/b19-11+. The van der Waals surface area contributed by atoms with Gasteiger partial charge < -0.3 is 14.8 Å². The fourth-order valence-corrected chi connectivity index (χ4v) is 3.12. The van der Waals surface area contributed by atoms with Gasteiger partial charge in [-0.3, -0.25) is 4.79 Å². The van der Waals surface area contributed by atoms with Crippen molar-refractivity contribution in [3.63, 3.8) is 0 Å². The molecule has 0 bridgehead atoms. The maximum atomic E-state index is 12.5. The van der Waals surface area contributed by atoms with E-state index in [-0.39, 0.29) is 5.57 Å². The number of hydrogen-bond acceptors (Lipinski definition) is 4. The van der Waals surface area contributed by atoms with Crippen LogP contribution in [0.15, 0.2) is 66.2 Å². The highest BCUT2D eigenvalue weighted by atomic mass is 35.5. The summed E-state index contributed by atoms with van der Waals surface area (Å²) in [6, 6.07) is 19.8. The second kappa shape index (κ2) is 10.7. The lowest BCUT2D eigenvalue weighted by Gasteiger charge is -2.12. The largest absolute Gasteiger partial charge is 0.493 e. The highest BCUT2D eigenvalue weighted by molar-refractivity contribution is 6.42. The van der Waals surface area contributed by atoms with Gasteiger partial charge in [0, 0.05) is 5.69 Å². The van der Waals surface area contributed by atoms with Crippen LogP contribution in [-0.4, -0.2) is 13.0 Å². The number of nitrogens with zero attached hydrogens (tertiary/aromatic N) is 1. The molecule has 0 aliphatic carbocycles. The average Bonchev–Trinajstić information content (AvgIpc) is 2.79. The van der Waals surface area contributed by atoms with Crippen molar-refractivity contribution in [2.45, 2.75) is 13.5 Å². The lowest BCUT2D eigenvalue weighted by Crippen LogP contribution is -2.13. The number of anilines is 1. The molecule has 0 unspecified atom stereocenters. The molecule has 0 atom stereocenters. The number of aryl methyl sites for hydroxylation is 1. The third-order valence-corrected chi connectivity index (χ3v) is 5.30. The highest BCUT2D eigenvalue weighted by Gasteiger charge is 2.12. The van der Waals surface area contributed by atoms with E-state index >= 15 is 0 Å². The molecule has 3 aromatic rings. The van der Waals surface area contributed by atoms with Gasteiger partial charge in [0.25, 0.3) is 5.91 Å². The van der Waals surface area contributed by atoms with Gasteiger partial charge in [0.2, 0.25) is 0 Å². The number of benzene rings is 3. The van der Waals surface area contributed by atoms with Crippen molar-refractivity contribution >= 4 is 40.9 Å². The molecule has 0 aliphatic rings. The van der Waals surface area contributed by atoms with Gasteiger partial charge >= 0.3 is 0 Å². The summed E-state index contributed by atoms with van der Waals surface area (Å²) in [5.41, 5.74) is 3.19. The van der Waals surface area contributed by atoms with Crippen LogP contribution in [0.2, 0.25) is 10.0 Å². The zero-order valence-corrected chi connectivity index (χ0v) is 19.0. The first-order valence-electron chi connectivity index (χ1n) is 9.64. The van der Waals surface area contributed by atoms with Crippen molar-refractivity contribution in [3.8, 4) is 17.6 Å². The zero-order chi connectivity index (χ0) is 23.1. The Morgan fingerprint density at radius 1 is 1.03 bits per heavy atom. The van der Waals surface area contributed by atoms with Gasteiger partial charge in [-0.1, -0.05) is 59.1 Å². The smallest absolute Gasteiger partial charge is 0.266 e. The first-order chi connectivity index (χ1) is 15.4. The number of carbonyl (C=O) groups excluding carboxylic acids is 1. The molecule has 0 spiro atoms. The molecule has 5 nitrogen and oxygen atoms in total. The summed E-state index contributed by atoms with van der Waals surface area (Å²) >= 11 is 11.9. The van der Waals surface area contributed by atoms with E-state index in [1.54, 1.807) is 30.3 Å². The summed E-state index contributed by atoms with van der Waals surface area (Å²) in [6.45, 7) is 2.42. The van der Waals surface area contributed by atoms with Crippen molar-refractivity contribution in [1.29, 1.82) is 5.26 Å². The molecule has 1 amide bonds. The second-order valence-corrected chi connectivity index (χ2v) is 7.75. The third kappa shape index (κ3) is 6.04. The lowest BCUT2D eigenvalue weighted by atomic mass is 10.1. The van der Waals surface area contributed by atoms with Crippen molar-refractivity contribution in [2.75, 3.05) is 12.4 Å². The van der Waals surface area contributed by atoms with Crippen LogP contribution in [0.4, 0.5) is 5.69 Å². The van der Waals surface area contributed by atoms with Gasteiger partial charge in [0.1, 0.15) is 18.2 Å². The Labute approximate surface area is 196 Å². The molecular formula is C25H20Cl2N2O3. The summed E-state index contributed by atoms with van der Waals surface area (Å²) < 4.78 is 11.3. The molecule has 0 aliphatic heterocycles. The van der Waals surface area contributed by atoms with Crippen LogP contribution in [0.3, 0.4) is 0 Å². The Balaban J connectivity index is 1.75. The van der Waals surface area contributed by atoms with Crippen molar-refractivity contribution in [2.24, 2.45) is 0 Å². The SMILES string of the molecule is COc1cc(/C=C(\C#N)C(=O)Nc2ccc(Cl)c(Cl)c2)ccc1OCc1ccc(C)cc1. The van der Waals surface area contributed by atoms with E-state index in [4.69, 9.17) is 32.7 Å². The number of carbonyl (C=O) groups is 1. The molecule has 1 N–H and O–H groups in total. The number of rotatable bonds is 7. The van der Waals surface area contributed by atoms with Crippen LogP contribution in [0, 0.1) is 18.3 Å². The predicted octanol–water partition coefficient (Wildman–Crippen LogP) is 6.44. The van der Waals surface area contributed by atoms with Crippen LogP contribution in [0.1, 0.15) is 16.7 Å². The normalized spacial score (nSPS) is 10.9. The Kier molecular flexibility index (Phi) is 7.77. The van der Waals surface area contributed by atoms with Gasteiger partial charge in [0.05, 0.1) is 17.2 Å². The van der Waals surface area contributed by atoms with Crippen LogP contribution in [-0.2, 0) is 11.4 Å². The number of ether oxygens (including phenoxy) is 2. The number of hydrogen-bond donors (Lipinski definition) is 1. The molecule has 0 saturated carbocycles. The Morgan fingerprint density at radius 3 is 2.44 bits per heavy atom. The van der Waals surface area contributed by atoms with Crippen LogP contribution >= 0.6 is 23.2 Å². The highest BCUT2D eigenvalue weighted by Crippen LogP contribution is 2.30. The molecule has 3 aromatic carbocycles. The van der Waals surface area contributed by atoms with Gasteiger partial charge in [-0.2, -0.15) is 5.26 Å². The zero-order valence-electron chi connectivity index (χ0n) is 17.5. The van der Waals surface area contributed by atoms with E-state index in [0.29, 0.717) is 39.4 Å². The minimum atomic E-state index is -0.565. The molecule has 162 valence electrons. The Morgan fingerprint density at radius 2 is 1.78 bits per heavy atom. The van der Waals surface area contributed by atoms with E-state index in [1.165, 1.54) is 24.8 Å². The predicted molar refractivity (Wildman–Crippen MR) is 127 cm³/mol. The number of amides is 1. The molecule has 0 fully saturated rings. The Bertz CT molecular complexity index is 1200. The molecule has 0 heterocycles. The van der Waals surface area contributed by atoms with E-state index in [9.17, 15) is 10.1 Å². The summed E-state index contributed by atoms with van der Waals surface area (Å²) in [7, 11) is 1.53. The van der Waals surface area contributed by atoms with Crippen LogP contribution < -0.4 is 14.8 Å². The first kappa shape index (κ1) is 23.2. The molecule has 0 aromatic heterocycles. The Hall–Kier alpha value is -3.46. The number of methoxy groups -OCH3 is 1. The fourth-order valence-electron chi connectivity index (χ4n) is 2.83. The first-order valence-corrected chi connectivity index (χ1v) is 10.4. The van der Waals surface area contributed by atoms with Crippen LogP contribution in [0.5, 0.6) is 11.5 Å². The topological polar surface area (TPSA) is 71.3 Å². The summed E-state index contributed by atoms with van der Waals surface area (Å²) in [6.07, 6.45) is 1.47. The minimum Gasteiger partial charge on any atom is -0.493 e. The maximum absolute atomic E-state index is 12.5. The van der Waals surface area contributed by atoms with Crippen LogP contribution in [0.25, 0.3) is 6.08 Å². The monoisotopic (exact) mass is 466 g/mol.